The van der Waals surface area contributed by atoms with Crippen LogP contribution in [0.4, 0.5) is 0 Å². The van der Waals surface area contributed by atoms with Gasteiger partial charge in [-0.15, -0.1) is 0 Å². The predicted molar refractivity (Wildman–Crippen MR) is 38.0 cm³/mol. The maximum atomic E-state index is 10.8. The fraction of sp³-hybridized carbons (Fsp3) is 0.375. The van der Waals surface area contributed by atoms with Crippen molar-refractivity contribution in [2.45, 2.75) is 18.3 Å². The molecule has 4 nitrogen and oxygen atoms in total. The van der Waals surface area contributed by atoms with E-state index in [0.717, 1.165) is 0 Å². The Morgan fingerprint density at radius 3 is 2.83 bits per heavy atom. The molecule has 1 aliphatic carbocycles. The highest BCUT2D eigenvalue weighted by molar-refractivity contribution is 5.89. The van der Waals surface area contributed by atoms with Gasteiger partial charge in [-0.05, 0) is 0 Å². The van der Waals surface area contributed by atoms with Gasteiger partial charge in [0.25, 0.3) is 0 Å². The average molecular weight is 162 g/mol. The highest BCUT2D eigenvalue weighted by Gasteiger charge is 2.48. The number of carbonyl (C=O) groups is 1. The van der Waals surface area contributed by atoms with Gasteiger partial charge >= 0.3 is 0 Å². The number of hydrogen-bond donors (Lipinski definition) is 0. The second-order valence-electron chi connectivity index (χ2n) is 2.95. The van der Waals surface area contributed by atoms with Crippen LogP contribution in [-0.2, 0) is 10.2 Å². The molecule has 1 saturated carbocycles. The first-order valence-corrected chi connectivity index (χ1v) is 3.59. The van der Waals surface area contributed by atoms with Crippen LogP contribution in [0.2, 0.25) is 0 Å². The van der Waals surface area contributed by atoms with E-state index in [-0.39, 0.29) is 18.6 Å². The normalized spacial score (nSPS) is 19.8. The van der Waals surface area contributed by atoms with Crippen LogP contribution >= 0.6 is 0 Å². The summed E-state index contributed by atoms with van der Waals surface area (Å²) in [6, 6.07) is 2.09. The summed E-state index contributed by atoms with van der Waals surface area (Å²) in [5.41, 5.74) is -0.715. The molecule has 1 aromatic heterocycles. The van der Waals surface area contributed by atoms with E-state index in [2.05, 4.69) is 11.1 Å². The van der Waals surface area contributed by atoms with Crippen LogP contribution in [0.5, 0.6) is 0 Å². The zero-order chi connectivity index (χ0) is 8.60. The molecule has 1 aliphatic rings. The van der Waals surface area contributed by atoms with Crippen molar-refractivity contribution in [3.63, 3.8) is 0 Å². The minimum absolute atomic E-state index is 0.105. The second-order valence-corrected chi connectivity index (χ2v) is 2.95. The van der Waals surface area contributed by atoms with E-state index in [4.69, 9.17) is 9.68 Å². The van der Waals surface area contributed by atoms with Crippen molar-refractivity contribution in [3.05, 3.63) is 18.4 Å². The first kappa shape index (κ1) is 7.04. The fourth-order valence-corrected chi connectivity index (χ4v) is 1.38. The van der Waals surface area contributed by atoms with Gasteiger partial charge in [-0.1, -0.05) is 0 Å². The smallest absolute Gasteiger partial charge is 0.180 e. The number of rotatable bonds is 1. The summed E-state index contributed by atoms with van der Waals surface area (Å²) >= 11 is 0. The van der Waals surface area contributed by atoms with Crippen molar-refractivity contribution in [3.8, 4) is 6.07 Å². The summed E-state index contributed by atoms with van der Waals surface area (Å²) in [6.45, 7) is 0. The number of carbonyl (C=O) groups excluding carboxylic acids is 1. The molecule has 4 heteroatoms. The molecule has 0 bridgehead atoms. The molecule has 1 heterocycles. The summed E-state index contributed by atoms with van der Waals surface area (Å²) in [5, 5.41) is 8.84. The van der Waals surface area contributed by atoms with Gasteiger partial charge in [0.05, 0.1) is 12.3 Å². The standard InChI is InChI=1S/C8H6N2O2/c9-4-8(1-6(11)2-8)7-3-10-5-12-7/h3,5H,1-2H2. The Balaban J connectivity index is 2.34. The van der Waals surface area contributed by atoms with Crippen LogP contribution < -0.4 is 0 Å². The molecule has 12 heavy (non-hydrogen) atoms. The summed E-state index contributed by atoms with van der Waals surface area (Å²) in [6.07, 6.45) is 3.30. The average Bonchev–Trinajstić information content (AvgIpc) is 2.50. The van der Waals surface area contributed by atoms with E-state index in [0.29, 0.717) is 5.76 Å². The molecule has 0 spiro atoms. The van der Waals surface area contributed by atoms with Crippen molar-refractivity contribution >= 4 is 5.78 Å². The zero-order valence-corrected chi connectivity index (χ0v) is 6.28. The maximum Gasteiger partial charge on any atom is 0.180 e. The van der Waals surface area contributed by atoms with Crippen LogP contribution in [0.1, 0.15) is 18.6 Å². The van der Waals surface area contributed by atoms with Gasteiger partial charge in [0.15, 0.2) is 6.39 Å². The molecule has 0 amide bonds. The second kappa shape index (κ2) is 2.18. The number of oxazole rings is 1. The van der Waals surface area contributed by atoms with E-state index in [1.54, 1.807) is 0 Å². The van der Waals surface area contributed by atoms with Crippen molar-refractivity contribution in [2.24, 2.45) is 0 Å². The van der Waals surface area contributed by atoms with Gasteiger partial charge < -0.3 is 4.42 Å². The highest BCUT2D eigenvalue weighted by Crippen LogP contribution is 2.40. The van der Waals surface area contributed by atoms with Gasteiger partial charge in [-0.25, -0.2) is 4.98 Å². The number of aromatic nitrogens is 1. The molecule has 1 aromatic rings. The minimum atomic E-state index is -0.715. The van der Waals surface area contributed by atoms with E-state index in [1.165, 1.54) is 12.6 Å². The number of nitrogens with zero attached hydrogens (tertiary/aromatic N) is 2. The summed E-state index contributed by atoms with van der Waals surface area (Å²) in [4.78, 5) is 14.5. The molecule has 0 unspecified atom stereocenters. The van der Waals surface area contributed by atoms with Gasteiger partial charge in [0, 0.05) is 12.8 Å². The van der Waals surface area contributed by atoms with Gasteiger partial charge in [-0.3, -0.25) is 4.79 Å². The van der Waals surface area contributed by atoms with Crippen molar-refractivity contribution in [2.75, 3.05) is 0 Å². The fourth-order valence-electron chi connectivity index (χ4n) is 1.38. The molecule has 1 fully saturated rings. The van der Waals surface area contributed by atoms with Gasteiger partial charge in [0.1, 0.15) is 17.0 Å². The molecular formula is C8H6N2O2. The summed E-state index contributed by atoms with van der Waals surface area (Å²) < 4.78 is 4.99. The third kappa shape index (κ3) is 0.766. The van der Waals surface area contributed by atoms with Gasteiger partial charge in [-0.2, -0.15) is 5.26 Å². The topological polar surface area (TPSA) is 66.9 Å². The molecular weight excluding hydrogens is 156 g/mol. The lowest BCUT2D eigenvalue weighted by Crippen LogP contribution is -2.39. The third-order valence-electron chi connectivity index (χ3n) is 2.12. The molecule has 0 atom stereocenters. The Kier molecular flexibility index (Phi) is 1.28. The van der Waals surface area contributed by atoms with Crippen LogP contribution in [0.25, 0.3) is 0 Å². The van der Waals surface area contributed by atoms with Crippen LogP contribution in [-0.4, -0.2) is 10.8 Å². The lowest BCUT2D eigenvalue weighted by molar-refractivity contribution is -0.127. The molecule has 0 saturated heterocycles. The number of nitriles is 1. The quantitative estimate of drug-likeness (QED) is 0.612. The van der Waals surface area contributed by atoms with E-state index < -0.39 is 5.41 Å². The Hall–Kier alpha value is -1.63. The summed E-state index contributed by atoms with van der Waals surface area (Å²) in [7, 11) is 0. The molecule has 0 N–H and O–H groups in total. The van der Waals surface area contributed by atoms with Crippen molar-refractivity contribution in [1.29, 1.82) is 5.26 Å². The van der Waals surface area contributed by atoms with Crippen molar-refractivity contribution in [1.82, 2.24) is 4.98 Å². The SMILES string of the molecule is N#CC1(c2cnco2)CC(=O)C1. The Morgan fingerprint density at radius 1 is 1.67 bits per heavy atom. The van der Waals surface area contributed by atoms with Crippen LogP contribution in [0.15, 0.2) is 17.0 Å². The largest absolute Gasteiger partial charge is 0.447 e. The molecule has 0 aliphatic heterocycles. The Morgan fingerprint density at radius 2 is 2.42 bits per heavy atom. The number of ketones is 1. The van der Waals surface area contributed by atoms with E-state index in [9.17, 15) is 4.79 Å². The maximum absolute atomic E-state index is 10.8. The highest BCUT2D eigenvalue weighted by atomic mass is 16.3. The monoisotopic (exact) mass is 162 g/mol. The molecule has 2 rings (SSSR count). The summed E-state index contributed by atoms with van der Waals surface area (Å²) in [5.74, 6) is 0.609. The lowest BCUT2D eigenvalue weighted by Gasteiger charge is -2.30. The van der Waals surface area contributed by atoms with Crippen LogP contribution in [0, 0.1) is 11.3 Å². The predicted octanol–water partition coefficient (Wildman–Crippen LogP) is 0.799. The molecule has 60 valence electrons. The lowest BCUT2D eigenvalue weighted by atomic mass is 9.67. The van der Waals surface area contributed by atoms with Crippen molar-refractivity contribution < 1.29 is 9.21 Å². The van der Waals surface area contributed by atoms with E-state index >= 15 is 0 Å². The molecule has 0 aromatic carbocycles. The Bertz CT molecular complexity index is 340. The molecule has 0 radical (unpaired) electrons. The third-order valence-corrected chi connectivity index (χ3v) is 2.12. The zero-order valence-electron chi connectivity index (χ0n) is 6.28. The Labute approximate surface area is 68.8 Å². The number of Topliss-reactive ketones (excluding diaryl/α,β-unsaturated/α-hetero) is 1. The number of hydrogen-bond acceptors (Lipinski definition) is 4. The van der Waals surface area contributed by atoms with Gasteiger partial charge in [0.2, 0.25) is 0 Å². The minimum Gasteiger partial charge on any atom is -0.447 e. The first-order chi connectivity index (χ1) is 5.77. The van der Waals surface area contributed by atoms with Crippen LogP contribution in [0.3, 0.4) is 0 Å². The first-order valence-electron chi connectivity index (χ1n) is 3.59. The van der Waals surface area contributed by atoms with E-state index in [1.807, 2.05) is 0 Å².